The van der Waals surface area contributed by atoms with Gasteiger partial charge in [-0.3, -0.25) is 9.20 Å². The fraction of sp³-hybridized carbons (Fsp3) is 0.0556. The molecule has 5 nitrogen and oxygen atoms in total. The summed E-state index contributed by atoms with van der Waals surface area (Å²) >= 11 is 3.06. The van der Waals surface area contributed by atoms with Crippen LogP contribution in [0, 0.1) is 0 Å². The molecule has 0 atom stereocenters. The third kappa shape index (κ3) is 3.16. The zero-order valence-corrected chi connectivity index (χ0v) is 15.0. The molecule has 0 aliphatic carbocycles. The first-order valence-corrected chi connectivity index (χ1v) is 9.68. The largest absolute Gasteiger partial charge is 0.322 e. The molecule has 0 unspecified atom stereocenters. The van der Waals surface area contributed by atoms with E-state index in [-0.39, 0.29) is 5.91 Å². The Morgan fingerprint density at radius 1 is 1.24 bits per heavy atom. The van der Waals surface area contributed by atoms with E-state index in [1.807, 2.05) is 52.7 Å². The summed E-state index contributed by atoms with van der Waals surface area (Å²) < 4.78 is 2.00. The second-order valence-corrected chi connectivity index (χ2v) is 6.98. The van der Waals surface area contributed by atoms with E-state index in [4.69, 9.17) is 0 Å². The quantitative estimate of drug-likeness (QED) is 0.543. The van der Waals surface area contributed by atoms with Crippen molar-refractivity contribution >= 4 is 39.7 Å². The number of hydrogen-bond donors (Lipinski definition) is 1. The van der Waals surface area contributed by atoms with Gasteiger partial charge in [-0.15, -0.1) is 23.1 Å². The van der Waals surface area contributed by atoms with E-state index in [0.717, 1.165) is 26.9 Å². The molecule has 0 spiro atoms. The zero-order chi connectivity index (χ0) is 17.2. The van der Waals surface area contributed by atoms with Crippen molar-refractivity contribution in [2.75, 3.05) is 11.6 Å². The minimum Gasteiger partial charge on any atom is -0.322 e. The molecule has 1 aromatic carbocycles. The van der Waals surface area contributed by atoms with Gasteiger partial charge in [0.25, 0.3) is 5.91 Å². The number of amides is 1. The number of thiazole rings is 1. The van der Waals surface area contributed by atoms with E-state index >= 15 is 0 Å². The maximum Gasteiger partial charge on any atom is 0.258 e. The highest BCUT2D eigenvalue weighted by Gasteiger charge is 2.12. The highest BCUT2D eigenvalue weighted by Crippen LogP contribution is 2.24. The fourth-order valence-electron chi connectivity index (χ4n) is 2.52. The molecular weight excluding hydrogens is 352 g/mol. The van der Waals surface area contributed by atoms with Crippen LogP contribution in [0.25, 0.3) is 16.2 Å². The van der Waals surface area contributed by atoms with Crippen LogP contribution < -0.4 is 5.32 Å². The van der Waals surface area contributed by atoms with Crippen LogP contribution in [0.3, 0.4) is 0 Å². The SMILES string of the molecule is CSc1ncccc1C(=O)Nc1ccc(-c2cn3ccsc3n2)cc1. The molecule has 3 heterocycles. The molecule has 0 aliphatic heterocycles. The molecule has 0 saturated heterocycles. The lowest BCUT2D eigenvalue weighted by Gasteiger charge is -2.08. The predicted octanol–water partition coefficient (Wildman–Crippen LogP) is 4.43. The van der Waals surface area contributed by atoms with Crippen molar-refractivity contribution in [3.05, 3.63) is 65.9 Å². The smallest absolute Gasteiger partial charge is 0.258 e. The Balaban J connectivity index is 1.54. The maximum atomic E-state index is 12.5. The topological polar surface area (TPSA) is 59.3 Å². The van der Waals surface area contributed by atoms with Crippen LogP contribution in [-0.4, -0.2) is 26.5 Å². The molecule has 0 fully saturated rings. The van der Waals surface area contributed by atoms with Gasteiger partial charge in [0.2, 0.25) is 0 Å². The number of carbonyl (C=O) groups excluding carboxylic acids is 1. The van der Waals surface area contributed by atoms with Crippen molar-refractivity contribution < 1.29 is 4.79 Å². The number of aromatic nitrogens is 3. The van der Waals surface area contributed by atoms with Gasteiger partial charge >= 0.3 is 0 Å². The first kappa shape index (κ1) is 15.9. The number of anilines is 1. The molecule has 1 amide bonds. The highest BCUT2D eigenvalue weighted by atomic mass is 32.2. The van der Waals surface area contributed by atoms with Crippen molar-refractivity contribution in [2.24, 2.45) is 0 Å². The number of hydrogen-bond acceptors (Lipinski definition) is 5. The number of nitrogens with one attached hydrogen (secondary N) is 1. The van der Waals surface area contributed by atoms with Crippen LogP contribution in [0.4, 0.5) is 5.69 Å². The van der Waals surface area contributed by atoms with Crippen LogP contribution in [0.1, 0.15) is 10.4 Å². The molecule has 25 heavy (non-hydrogen) atoms. The van der Waals surface area contributed by atoms with Gasteiger partial charge in [0, 0.05) is 35.2 Å². The van der Waals surface area contributed by atoms with E-state index in [1.54, 1.807) is 29.7 Å². The monoisotopic (exact) mass is 366 g/mol. The average Bonchev–Trinajstić information content (AvgIpc) is 3.24. The number of carbonyl (C=O) groups is 1. The van der Waals surface area contributed by atoms with E-state index in [0.29, 0.717) is 5.56 Å². The van der Waals surface area contributed by atoms with Gasteiger partial charge in [-0.05, 0) is 30.5 Å². The lowest BCUT2D eigenvalue weighted by Crippen LogP contribution is -2.13. The summed E-state index contributed by atoms with van der Waals surface area (Å²) in [4.78, 5) is 22.2. The molecule has 1 N–H and O–H groups in total. The molecule has 4 aromatic rings. The molecule has 4 rings (SSSR count). The normalized spacial score (nSPS) is 10.9. The molecule has 0 radical (unpaired) electrons. The van der Waals surface area contributed by atoms with Gasteiger partial charge < -0.3 is 5.32 Å². The van der Waals surface area contributed by atoms with Crippen molar-refractivity contribution in [1.29, 1.82) is 0 Å². The zero-order valence-electron chi connectivity index (χ0n) is 13.3. The Bertz CT molecular complexity index is 1010. The Kier molecular flexibility index (Phi) is 4.25. The summed E-state index contributed by atoms with van der Waals surface area (Å²) in [5.74, 6) is -0.160. The third-order valence-corrected chi connectivity index (χ3v) is 5.22. The number of fused-ring (bicyclic) bond motifs is 1. The summed E-state index contributed by atoms with van der Waals surface area (Å²) in [6, 6.07) is 11.2. The van der Waals surface area contributed by atoms with Gasteiger partial charge in [-0.25, -0.2) is 9.97 Å². The van der Waals surface area contributed by atoms with Crippen molar-refractivity contribution in [2.45, 2.75) is 5.03 Å². The Labute approximate surface area is 152 Å². The van der Waals surface area contributed by atoms with E-state index in [9.17, 15) is 4.79 Å². The average molecular weight is 366 g/mol. The third-order valence-electron chi connectivity index (χ3n) is 3.74. The number of thioether (sulfide) groups is 1. The summed E-state index contributed by atoms with van der Waals surface area (Å²) in [5.41, 5.74) is 3.25. The summed E-state index contributed by atoms with van der Waals surface area (Å²) in [6.45, 7) is 0. The minimum absolute atomic E-state index is 0.160. The lowest BCUT2D eigenvalue weighted by atomic mass is 10.1. The van der Waals surface area contributed by atoms with E-state index in [1.165, 1.54) is 11.8 Å². The van der Waals surface area contributed by atoms with Crippen molar-refractivity contribution in [1.82, 2.24) is 14.4 Å². The van der Waals surface area contributed by atoms with Crippen LogP contribution in [0.5, 0.6) is 0 Å². The van der Waals surface area contributed by atoms with E-state index in [2.05, 4.69) is 15.3 Å². The lowest BCUT2D eigenvalue weighted by molar-refractivity contribution is 0.102. The van der Waals surface area contributed by atoms with Gasteiger partial charge in [-0.2, -0.15) is 0 Å². The predicted molar refractivity (Wildman–Crippen MR) is 102 cm³/mol. The second-order valence-electron chi connectivity index (χ2n) is 5.31. The van der Waals surface area contributed by atoms with Gasteiger partial charge in [-0.1, -0.05) is 12.1 Å². The van der Waals surface area contributed by atoms with Crippen molar-refractivity contribution in [3.8, 4) is 11.3 Å². The van der Waals surface area contributed by atoms with Gasteiger partial charge in [0.05, 0.1) is 11.3 Å². The van der Waals surface area contributed by atoms with Crippen LogP contribution in [0.2, 0.25) is 0 Å². The Morgan fingerprint density at radius 2 is 2.08 bits per heavy atom. The van der Waals surface area contributed by atoms with Crippen molar-refractivity contribution in [3.63, 3.8) is 0 Å². The number of nitrogens with zero attached hydrogens (tertiary/aromatic N) is 3. The van der Waals surface area contributed by atoms with Gasteiger partial charge in [0.1, 0.15) is 5.03 Å². The Hall–Kier alpha value is -2.64. The highest BCUT2D eigenvalue weighted by molar-refractivity contribution is 7.98. The van der Waals surface area contributed by atoms with Crippen LogP contribution in [-0.2, 0) is 0 Å². The molecule has 3 aromatic heterocycles. The Morgan fingerprint density at radius 3 is 2.84 bits per heavy atom. The summed E-state index contributed by atoms with van der Waals surface area (Å²) in [6.07, 6.45) is 7.58. The molecule has 0 bridgehead atoms. The van der Waals surface area contributed by atoms with Gasteiger partial charge in [0.15, 0.2) is 4.96 Å². The molecule has 0 aliphatic rings. The first-order chi connectivity index (χ1) is 12.2. The number of rotatable bonds is 4. The minimum atomic E-state index is -0.160. The maximum absolute atomic E-state index is 12.5. The molecule has 124 valence electrons. The van der Waals surface area contributed by atoms with E-state index < -0.39 is 0 Å². The number of benzene rings is 1. The first-order valence-electron chi connectivity index (χ1n) is 7.57. The molecular formula is C18H14N4OS2. The second kappa shape index (κ2) is 6.70. The summed E-state index contributed by atoms with van der Waals surface area (Å²) in [5, 5.41) is 5.64. The van der Waals surface area contributed by atoms with Crippen LogP contribution in [0.15, 0.2) is 65.4 Å². The number of imidazole rings is 1. The fourth-order valence-corrected chi connectivity index (χ4v) is 3.76. The number of pyridine rings is 1. The molecule has 0 saturated carbocycles. The standard InChI is InChI=1S/C18H14N4OS2/c1-24-17-14(3-2-8-19-17)16(23)20-13-6-4-12(5-7-13)15-11-22-9-10-25-18(22)21-15/h2-11H,1H3,(H,20,23). The van der Waals surface area contributed by atoms with Crippen LogP contribution >= 0.6 is 23.1 Å². The summed E-state index contributed by atoms with van der Waals surface area (Å²) in [7, 11) is 0. The molecule has 7 heteroatoms.